The van der Waals surface area contributed by atoms with Crippen LogP contribution >= 0.6 is 15.9 Å². The van der Waals surface area contributed by atoms with E-state index in [-0.39, 0.29) is 19.0 Å². The Bertz CT molecular complexity index is 450. The number of anilines is 1. The van der Waals surface area contributed by atoms with Crippen molar-refractivity contribution in [2.75, 3.05) is 38.7 Å². The van der Waals surface area contributed by atoms with Crippen LogP contribution < -0.4 is 5.32 Å². The van der Waals surface area contributed by atoms with E-state index < -0.39 is 5.97 Å². The summed E-state index contributed by atoms with van der Waals surface area (Å²) in [4.78, 5) is 24.1. The van der Waals surface area contributed by atoms with Crippen LogP contribution in [0.25, 0.3) is 0 Å². The molecule has 0 unspecified atom stereocenters. The van der Waals surface area contributed by atoms with Crippen molar-refractivity contribution in [1.82, 2.24) is 4.90 Å². The highest BCUT2D eigenvalue weighted by Crippen LogP contribution is 2.13. The molecule has 0 bridgehead atoms. The molecule has 0 saturated carbocycles. The average molecular weight is 345 g/mol. The Morgan fingerprint density at radius 2 is 1.95 bits per heavy atom. The lowest BCUT2D eigenvalue weighted by Crippen LogP contribution is -2.38. The third kappa shape index (κ3) is 6.65. The molecule has 0 radical (unpaired) electrons. The summed E-state index contributed by atoms with van der Waals surface area (Å²) in [6, 6.07) is 7.16. The van der Waals surface area contributed by atoms with Gasteiger partial charge in [0.2, 0.25) is 5.91 Å². The van der Waals surface area contributed by atoms with Gasteiger partial charge in [0.05, 0.1) is 19.7 Å². The minimum Gasteiger partial charge on any atom is -0.480 e. The number of methoxy groups -OCH3 is 1. The fourth-order valence-electron chi connectivity index (χ4n) is 1.56. The quantitative estimate of drug-likeness (QED) is 0.745. The van der Waals surface area contributed by atoms with E-state index in [1.54, 1.807) is 12.1 Å². The van der Waals surface area contributed by atoms with E-state index in [0.717, 1.165) is 4.47 Å². The standard InChI is InChI=1S/C13H17BrN2O4/c1-20-7-6-16(9-13(18)19)8-12(17)15-11-4-2-10(14)3-5-11/h2-5H,6-9H2,1H3,(H,15,17)(H,18,19). The molecule has 2 N–H and O–H groups in total. The number of hydrogen-bond acceptors (Lipinski definition) is 4. The van der Waals surface area contributed by atoms with Crippen LogP contribution in [0.2, 0.25) is 0 Å². The molecule has 6 nitrogen and oxygen atoms in total. The molecule has 0 aliphatic carbocycles. The molecule has 0 heterocycles. The van der Waals surface area contributed by atoms with Crippen molar-refractivity contribution in [3.05, 3.63) is 28.7 Å². The molecular weight excluding hydrogens is 328 g/mol. The first-order valence-corrected chi connectivity index (χ1v) is 6.79. The lowest BCUT2D eigenvalue weighted by Gasteiger charge is -2.19. The van der Waals surface area contributed by atoms with Gasteiger partial charge in [-0.3, -0.25) is 14.5 Å². The third-order valence-corrected chi connectivity index (χ3v) is 2.99. The smallest absolute Gasteiger partial charge is 0.317 e. The predicted octanol–water partition coefficient (Wildman–Crippen LogP) is 1.42. The number of carboxylic acid groups (broad SMARTS) is 1. The van der Waals surface area contributed by atoms with Gasteiger partial charge in [-0.15, -0.1) is 0 Å². The number of carbonyl (C=O) groups is 2. The van der Waals surface area contributed by atoms with Crippen LogP contribution in [-0.2, 0) is 14.3 Å². The predicted molar refractivity (Wildman–Crippen MR) is 78.7 cm³/mol. The molecule has 20 heavy (non-hydrogen) atoms. The molecule has 0 spiro atoms. The molecule has 0 aliphatic heterocycles. The highest BCUT2D eigenvalue weighted by Gasteiger charge is 2.13. The van der Waals surface area contributed by atoms with E-state index >= 15 is 0 Å². The van der Waals surface area contributed by atoms with Crippen molar-refractivity contribution in [3.8, 4) is 0 Å². The van der Waals surface area contributed by atoms with Gasteiger partial charge < -0.3 is 15.2 Å². The van der Waals surface area contributed by atoms with Crippen molar-refractivity contribution in [1.29, 1.82) is 0 Å². The zero-order valence-electron chi connectivity index (χ0n) is 11.1. The number of benzene rings is 1. The van der Waals surface area contributed by atoms with E-state index in [4.69, 9.17) is 9.84 Å². The first-order chi connectivity index (χ1) is 9.51. The summed E-state index contributed by atoms with van der Waals surface area (Å²) >= 11 is 3.31. The molecule has 0 fully saturated rings. The maximum atomic E-state index is 11.9. The fraction of sp³-hybridized carbons (Fsp3) is 0.385. The van der Waals surface area contributed by atoms with E-state index in [0.29, 0.717) is 18.8 Å². The number of halogens is 1. The molecule has 1 aromatic carbocycles. The van der Waals surface area contributed by atoms with Crippen LogP contribution in [0.3, 0.4) is 0 Å². The summed E-state index contributed by atoms with van der Waals surface area (Å²) in [5, 5.41) is 11.5. The van der Waals surface area contributed by atoms with E-state index in [1.165, 1.54) is 12.0 Å². The van der Waals surface area contributed by atoms with Gasteiger partial charge in [-0.2, -0.15) is 0 Å². The molecule has 1 amide bonds. The number of nitrogens with one attached hydrogen (secondary N) is 1. The van der Waals surface area contributed by atoms with Gasteiger partial charge in [0.15, 0.2) is 0 Å². The number of carbonyl (C=O) groups excluding carboxylic acids is 1. The number of rotatable bonds is 8. The molecule has 1 rings (SSSR count). The average Bonchev–Trinajstić information content (AvgIpc) is 2.38. The second-order valence-electron chi connectivity index (χ2n) is 4.15. The third-order valence-electron chi connectivity index (χ3n) is 2.47. The molecule has 1 aromatic rings. The summed E-state index contributed by atoms with van der Waals surface area (Å²) in [5.41, 5.74) is 0.667. The van der Waals surface area contributed by atoms with E-state index in [9.17, 15) is 9.59 Å². The molecule has 0 aliphatic rings. The number of ether oxygens (including phenoxy) is 1. The van der Waals surface area contributed by atoms with Crippen LogP contribution in [0.5, 0.6) is 0 Å². The minimum absolute atomic E-state index is 0.00568. The second-order valence-corrected chi connectivity index (χ2v) is 5.07. The highest BCUT2D eigenvalue weighted by atomic mass is 79.9. The summed E-state index contributed by atoms with van der Waals surface area (Å²) in [6.45, 7) is 0.568. The number of hydrogen-bond donors (Lipinski definition) is 2. The molecule has 110 valence electrons. The zero-order valence-corrected chi connectivity index (χ0v) is 12.7. The van der Waals surface area contributed by atoms with Gasteiger partial charge in [-0.25, -0.2) is 0 Å². The summed E-state index contributed by atoms with van der Waals surface area (Å²) in [7, 11) is 1.53. The second kappa shape index (κ2) is 8.68. The van der Waals surface area contributed by atoms with E-state index in [2.05, 4.69) is 21.2 Å². The fourth-order valence-corrected chi connectivity index (χ4v) is 1.83. The van der Waals surface area contributed by atoms with Crippen molar-refractivity contribution < 1.29 is 19.4 Å². The Morgan fingerprint density at radius 1 is 1.30 bits per heavy atom. The summed E-state index contributed by atoms with van der Waals surface area (Å²) in [5.74, 6) is -1.23. The van der Waals surface area contributed by atoms with Crippen LogP contribution in [0.4, 0.5) is 5.69 Å². The Hall–Kier alpha value is -1.44. The van der Waals surface area contributed by atoms with Crippen molar-refractivity contribution in [3.63, 3.8) is 0 Å². The maximum absolute atomic E-state index is 11.9. The Balaban J connectivity index is 2.51. The van der Waals surface area contributed by atoms with Gasteiger partial charge in [0.25, 0.3) is 0 Å². The number of carboxylic acids is 1. The minimum atomic E-state index is -0.974. The van der Waals surface area contributed by atoms with Gasteiger partial charge in [-0.1, -0.05) is 15.9 Å². The lowest BCUT2D eigenvalue weighted by atomic mass is 10.3. The maximum Gasteiger partial charge on any atom is 0.317 e. The Kier molecular flexibility index (Phi) is 7.21. The molecule has 0 aromatic heterocycles. The van der Waals surface area contributed by atoms with Crippen LogP contribution in [0.1, 0.15) is 0 Å². The normalized spacial score (nSPS) is 10.6. The largest absolute Gasteiger partial charge is 0.480 e. The summed E-state index contributed by atoms with van der Waals surface area (Å²) in [6.07, 6.45) is 0. The van der Waals surface area contributed by atoms with E-state index in [1.807, 2.05) is 12.1 Å². The van der Waals surface area contributed by atoms with Gasteiger partial charge >= 0.3 is 5.97 Å². The number of amides is 1. The SMILES string of the molecule is COCCN(CC(=O)O)CC(=O)Nc1ccc(Br)cc1. The van der Waals surface area contributed by atoms with Crippen molar-refractivity contribution in [2.24, 2.45) is 0 Å². The molecular formula is C13H17BrN2O4. The van der Waals surface area contributed by atoms with Gasteiger partial charge in [0.1, 0.15) is 0 Å². The van der Waals surface area contributed by atoms with Crippen molar-refractivity contribution in [2.45, 2.75) is 0 Å². The van der Waals surface area contributed by atoms with Gasteiger partial charge in [-0.05, 0) is 24.3 Å². The number of aliphatic carboxylic acids is 1. The van der Waals surface area contributed by atoms with Gasteiger partial charge in [0, 0.05) is 23.8 Å². The summed E-state index contributed by atoms with van der Waals surface area (Å²) < 4.78 is 5.81. The zero-order chi connectivity index (χ0) is 15.0. The first-order valence-electron chi connectivity index (χ1n) is 5.99. The molecule has 7 heteroatoms. The Morgan fingerprint density at radius 3 is 2.50 bits per heavy atom. The lowest BCUT2D eigenvalue weighted by molar-refractivity contribution is -0.138. The van der Waals surface area contributed by atoms with Crippen molar-refractivity contribution >= 4 is 33.5 Å². The molecule has 0 atom stereocenters. The highest BCUT2D eigenvalue weighted by molar-refractivity contribution is 9.10. The Labute approximate surface area is 125 Å². The number of nitrogens with zero attached hydrogens (tertiary/aromatic N) is 1. The first kappa shape index (κ1) is 16.6. The van der Waals surface area contributed by atoms with Crippen LogP contribution in [-0.4, -0.2) is 55.2 Å². The monoisotopic (exact) mass is 344 g/mol. The van der Waals surface area contributed by atoms with Crippen LogP contribution in [0, 0.1) is 0 Å². The van der Waals surface area contributed by atoms with Crippen LogP contribution in [0.15, 0.2) is 28.7 Å². The topological polar surface area (TPSA) is 78.9 Å². The molecule has 0 saturated heterocycles.